The smallest absolute Gasteiger partial charge is 0.229 e. The first-order valence-electron chi connectivity index (χ1n) is 9.59. The zero-order valence-electron chi connectivity index (χ0n) is 15.3. The molecule has 0 saturated carbocycles. The van der Waals surface area contributed by atoms with Gasteiger partial charge < -0.3 is 4.90 Å². The Labute approximate surface area is 159 Å². The van der Waals surface area contributed by atoms with E-state index in [0.29, 0.717) is 0 Å². The van der Waals surface area contributed by atoms with Crippen molar-refractivity contribution in [3.63, 3.8) is 0 Å². The van der Waals surface area contributed by atoms with E-state index in [4.69, 9.17) is 0 Å². The number of fused-ring (bicyclic) bond motifs is 2. The molecule has 5 heteroatoms. The molecule has 1 spiro atoms. The molecule has 2 aliphatic rings. The summed E-state index contributed by atoms with van der Waals surface area (Å²) in [7, 11) is 0. The predicted molar refractivity (Wildman–Crippen MR) is 106 cm³/mol. The Morgan fingerprint density at radius 2 is 1.59 bits per heavy atom. The molecule has 1 fully saturated rings. The van der Waals surface area contributed by atoms with Gasteiger partial charge in [0.05, 0.1) is 0 Å². The van der Waals surface area contributed by atoms with Crippen LogP contribution in [0, 0.1) is 0 Å². The minimum absolute atomic E-state index is 0.199. The molecule has 0 radical (unpaired) electrons. The molecule has 5 rings (SSSR count). The van der Waals surface area contributed by atoms with Gasteiger partial charge in [-0.3, -0.25) is 9.88 Å². The van der Waals surface area contributed by atoms with Crippen LogP contribution in [0.5, 0.6) is 0 Å². The van der Waals surface area contributed by atoms with Gasteiger partial charge in [0, 0.05) is 49.0 Å². The van der Waals surface area contributed by atoms with Crippen molar-refractivity contribution in [3.8, 4) is 0 Å². The predicted octanol–water partition coefficient (Wildman–Crippen LogP) is 3.56. The Balaban J connectivity index is 1.38. The number of rotatable bonds is 3. The van der Waals surface area contributed by atoms with Crippen molar-refractivity contribution >= 4 is 11.6 Å². The van der Waals surface area contributed by atoms with E-state index in [-0.39, 0.29) is 5.41 Å². The maximum atomic E-state index is 4.51. The zero-order chi connectivity index (χ0) is 18.1. The van der Waals surface area contributed by atoms with Crippen molar-refractivity contribution in [1.82, 2.24) is 19.9 Å². The number of aromatic nitrogens is 3. The first-order valence-corrected chi connectivity index (χ1v) is 9.59. The van der Waals surface area contributed by atoms with Crippen LogP contribution in [0.2, 0.25) is 0 Å². The molecule has 3 aromatic rings. The molecule has 2 aromatic heterocycles. The van der Waals surface area contributed by atoms with Crippen LogP contribution in [0.15, 0.2) is 67.3 Å². The van der Waals surface area contributed by atoms with E-state index in [9.17, 15) is 0 Å². The van der Waals surface area contributed by atoms with Crippen molar-refractivity contribution in [3.05, 3.63) is 78.4 Å². The van der Waals surface area contributed by atoms with Crippen LogP contribution < -0.4 is 4.90 Å². The molecule has 1 aromatic carbocycles. The lowest BCUT2D eigenvalue weighted by Gasteiger charge is -2.40. The average molecular weight is 357 g/mol. The Hall–Kier alpha value is -2.79. The van der Waals surface area contributed by atoms with Gasteiger partial charge in [-0.25, -0.2) is 9.97 Å². The topological polar surface area (TPSA) is 45.2 Å². The molecular weight excluding hydrogens is 334 g/mol. The molecule has 4 heterocycles. The third-order valence-corrected chi connectivity index (χ3v) is 5.99. The minimum atomic E-state index is 0.199. The Kier molecular flexibility index (Phi) is 4.09. The van der Waals surface area contributed by atoms with Crippen molar-refractivity contribution in [1.29, 1.82) is 0 Å². The van der Waals surface area contributed by atoms with Crippen LogP contribution in [-0.4, -0.2) is 39.5 Å². The van der Waals surface area contributed by atoms with Crippen LogP contribution >= 0.6 is 0 Å². The Morgan fingerprint density at radius 1 is 0.852 bits per heavy atom. The van der Waals surface area contributed by atoms with Crippen molar-refractivity contribution in [2.75, 3.05) is 24.5 Å². The van der Waals surface area contributed by atoms with Crippen molar-refractivity contribution < 1.29 is 0 Å². The molecule has 0 aliphatic carbocycles. The molecule has 0 unspecified atom stereocenters. The highest BCUT2D eigenvalue weighted by Gasteiger charge is 2.45. The van der Waals surface area contributed by atoms with Crippen molar-refractivity contribution in [2.45, 2.75) is 24.8 Å². The molecule has 5 nitrogen and oxygen atoms in total. The highest BCUT2D eigenvalue weighted by atomic mass is 15.3. The summed E-state index contributed by atoms with van der Waals surface area (Å²) in [5.41, 5.74) is 4.27. The average Bonchev–Trinajstić information content (AvgIpc) is 3.06. The van der Waals surface area contributed by atoms with Crippen LogP contribution in [0.1, 0.15) is 24.0 Å². The summed E-state index contributed by atoms with van der Waals surface area (Å²) in [5.74, 6) is 0.807. The summed E-state index contributed by atoms with van der Waals surface area (Å²) in [5, 5.41) is 0. The third kappa shape index (κ3) is 2.98. The van der Waals surface area contributed by atoms with Gasteiger partial charge in [-0.05, 0) is 61.3 Å². The van der Waals surface area contributed by atoms with Crippen LogP contribution in [0.3, 0.4) is 0 Å². The van der Waals surface area contributed by atoms with Gasteiger partial charge >= 0.3 is 0 Å². The number of hydrogen-bond acceptors (Lipinski definition) is 5. The van der Waals surface area contributed by atoms with E-state index >= 15 is 0 Å². The number of piperidine rings is 1. The molecule has 27 heavy (non-hydrogen) atoms. The van der Waals surface area contributed by atoms with Crippen LogP contribution in [0.4, 0.5) is 11.6 Å². The first-order chi connectivity index (χ1) is 13.3. The van der Waals surface area contributed by atoms with Gasteiger partial charge in [-0.15, -0.1) is 0 Å². The molecule has 0 amide bonds. The second-order valence-corrected chi connectivity index (χ2v) is 7.56. The molecule has 2 aliphatic heterocycles. The van der Waals surface area contributed by atoms with E-state index in [2.05, 4.69) is 61.1 Å². The molecular formula is C22H23N5. The van der Waals surface area contributed by atoms with Crippen LogP contribution in [0.25, 0.3) is 0 Å². The van der Waals surface area contributed by atoms with Gasteiger partial charge in [-0.1, -0.05) is 18.2 Å². The molecule has 0 bridgehead atoms. The number of pyridine rings is 1. The maximum Gasteiger partial charge on any atom is 0.229 e. The lowest BCUT2D eigenvalue weighted by Crippen LogP contribution is -2.44. The second kappa shape index (κ2) is 6.74. The molecule has 0 atom stereocenters. The summed E-state index contributed by atoms with van der Waals surface area (Å²) >= 11 is 0. The fraction of sp³-hybridized carbons (Fsp3) is 0.318. The lowest BCUT2D eigenvalue weighted by atomic mass is 9.74. The molecule has 1 saturated heterocycles. The number of hydrogen-bond donors (Lipinski definition) is 0. The summed E-state index contributed by atoms with van der Waals surface area (Å²) in [6.45, 7) is 4.20. The second-order valence-electron chi connectivity index (χ2n) is 7.56. The quantitative estimate of drug-likeness (QED) is 0.717. The van der Waals surface area contributed by atoms with E-state index in [0.717, 1.165) is 32.1 Å². The molecule has 136 valence electrons. The highest BCUT2D eigenvalue weighted by Crippen LogP contribution is 2.48. The first kappa shape index (κ1) is 16.4. The summed E-state index contributed by atoms with van der Waals surface area (Å²) in [6.07, 6.45) is 9.74. The Bertz CT molecular complexity index is 904. The van der Waals surface area contributed by atoms with Gasteiger partial charge in [-0.2, -0.15) is 0 Å². The number of benzene rings is 1. The fourth-order valence-corrected chi connectivity index (χ4v) is 4.55. The summed E-state index contributed by atoms with van der Waals surface area (Å²) in [4.78, 5) is 18.0. The largest absolute Gasteiger partial charge is 0.309 e. The fourth-order valence-electron chi connectivity index (χ4n) is 4.55. The lowest BCUT2D eigenvalue weighted by molar-refractivity contribution is 0.160. The van der Waals surface area contributed by atoms with Gasteiger partial charge in [0.1, 0.15) is 0 Å². The summed E-state index contributed by atoms with van der Waals surface area (Å²) in [6, 6.07) is 14.9. The van der Waals surface area contributed by atoms with Gasteiger partial charge in [0.15, 0.2) is 0 Å². The van der Waals surface area contributed by atoms with Gasteiger partial charge in [0.25, 0.3) is 0 Å². The number of likely N-dealkylation sites (tertiary alicyclic amines) is 1. The van der Waals surface area contributed by atoms with E-state index in [1.807, 2.05) is 30.9 Å². The van der Waals surface area contributed by atoms with E-state index in [1.54, 1.807) is 0 Å². The number of anilines is 2. The SMILES string of the molecule is c1cnc(N2CC3(CCN(Cc4ccncc4)CC3)c3ccccc32)nc1. The molecule has 0 N–H and O–H groups in total. The normalized spacial score (nSPS) is 18.6. The summed E-state index contributed by atoms with van der Waals surface area (Å²) < 4.78 is 0. The number of nitrogens with zero attached hydrogens (tertiary/aromatic N) is 5. The van der Waals surface area contributed by atoms with E-state index < -0.39 is 0 Å². The standard InChI is InChI=1S/C22H23N5/c1-2-5-20-19(4-1)22(17-27(20)21-24-10-3-11-25-21)8-14-26(15-9-22)16-18-6-12-23-13-7-18/h1-7,10-13H,8-9,14-17H2. The monoisotopic (exact) mass is 357 g/mol. The van der Waals surface area contributed by atoms with Crippen molar-refractivity contribution in [2.24, 2.45) is 0 Å². The number of para-hydroxylation sites is 1. The maximum absolute atomic E-state index is 4.51. The van der Waals surface area contributed by atoms with Crippen LogP contribution in [-0.2, 0) is 12.0 Å². The van der Waals surface area contributed by atoms with E-state index in [1.165, 1.54) is 29.7 Å². The highest BCUT2D eigenvalue weighted by molar-refractivity contribution is 5.69. The Morgan fingerprint density at radius 3 is 2.37 bits per heavy atom. The third-order valence-electron chi connectivity index (χ3n) is 5.99. The minimum Gasteiger partial charge on any atom is -0.309 e. The van der Waals surface area contributed by atoms with Gasteiger partial charge in [0.2, 0.25) is 5.95 Å². The zero-order valence-corrected chi connectivity index (χ0v) is 15.3.